The Morgan fingerprint density at radius 2 is 2.11 bits per heavy atom. The lowest BCUT2D eigenvalue weighted by atomic mass is 10.2. The van der Waals surface area contributed by atoms with Crippen LogP contribution < -0.4 is 5.32 Å². The zero-order valence-corrected chi connectivity index (χ0v) is 11.6. The number of nitrogens with one attached hydrogen (secondary N) is 1. The average molecular weight is 270 g/mol. The van der Waals surface area contributed by atoms with Crippen LogP contribution in [-0.2, 0) is 11.2 Å². The van der Waals surface area contributed by atoms with Crippen LogP contribution in [0.2, 0.25) is 0 Å². The number of nitrogens with zero attached hydrogens (tertiary/aromatic N) is 1. The molecule has 5 nitrogen and oxygen atoms in total. The minimum Gasteiger partial charge on any atom is -0.480 e. The Morgan fingerprint density at radius 3 is 2.61 bits per heavy atom. The van der Waals surface area contributed by atoms with Gasteiger partial charge in [-0.15, -0.1) is 11.3 Å². The second-order valence-corrected chi connectivity index (χ2v) is 5.13. The van der Waals surface area contributed by atoms with E-state index in [9.17, 15) is 9.59 Å². The van der Waals surface area contributed by atoms with Crippen LogP contribution in [0.3, 0.4) is 0 Å². The van der Waals surface area contributed by atoms with Gasteiger partial charge in [0.2, 0.25) is 0 Å². The third kappa shape index (κ3) is 3.53. The summed E-state index contributed by atoms with van der Waals surface area (Å²) in [6.45, 7) is 5.54. The zero-order chi connectivity index (χ0) is 13.7. The molecule has 18 heavy (non-hydrogen) atoms. The largest absolute Gasteiger partial charge is 0.480 e. The lowest BCUT2D eigenvalue weighted by molar-refractivity contribution is -0.139. The number of rotatable bonds is 6. The molecule has 1 aromatic rings. The molecule has 0 saturated carbocycles. The fraction of sp³-hybridized carbons (Fsp3) is 0.583. The van der Waals surface area contributed by atoms with Crippen LogP contribution in [0.5, 0.6) is 0 Å². The van der Waals surface area contributed by atoms with Crippen LogP contribution in [0.1, 0.15) is 47.1 Å². The van der Waals surface area contributed by atoms with Gasteiger partial charge in [-0.25, -0.2) is 9.78 Å². The Kier molecular flexibility index (Phi) is 5.27. The van der Waals surface area contributed by atoms with Crippen LogP contribution in [0, 0.1) is 6.92 Å². The summed E-state index contributed by atoms with van der Waals surface area (Å²) < 4.78 is 0. The van der Waals surface area contributed by atoms with Crippen molar-refractivity contribution < 1.29 is 14.7 Å². The lowest BCUT2D eigenvalue weighted by Gasteiger charge is -2.11. The Labute approximate surface area is 110 Å². The predicted octanol–water partition coefficient (Wildman–Crippen LogP) is 2.00. The molecule has 0 saturated heterocycles. The van der Waals surface area contributed by atoms with Gasteiger partial charge in [-0.05, 0) is 26.2 Å². The Bertz CT molecular complexity index is 443. The Hall–Kier alpha value is -1.43. The molecule has 0 aliphatic heterocycles. The first-order valence-electron chi connectivity index (χ1n) is 5.99. The predicted molar refractivity (Wildman–Crippen MR) is 70.0 cm³/mol. The first-order valence-corrected chi connectivity index (χ1v) is 6.81. The maximum absolute atomic E-state index is 12.0. The highest BCUT2D eigenvalue weighted by atomic mass is 32.1. The molecule has 0 radical (unpaired) electrons. The molecule has 1 heterocycles. The summed E-state index contributed by atoms with van der Waals surface area (Å²) in [6, 6.07) is -0.839. The van der Waals surface area contributed by atoms with Crippen LogP contribution >= 0.6 is 11.3 Å². The number of amides is 1. The molecule has 0 aliphatic rings. The van der Waals surface area contributed by atoms with E-state index in [2.05, 4.69) is 10.3 Å². The number of carbonyl (C=O) groups is 2. The fourth-order valence-corrected chi connectivity index (χ4v) is 2.62. The van der Waals surface area contributed by atoms with Gasteiger partial charge >= 0.3 is 5.97 Å². The summed E-state index contributed by atoms with van der Waals surface area (Å²) in [5, 5.41) is 12.3. The van der Waals surface area contributed by atoms with Crippen molar-refractivity contribution in [3.8, 4) is 0 Å². The van der Waals surface area contributed by atoms with E-state index in [4.69, 9.17) is 5.11 Å². The van der Waals surface area contributed by atoms with Gasteiger partial charge in [0, 0.05) is 0 Å². The van der Waals surface area contributed by atoms with Crippen LogP contribution in [0.4, 0.5) is 0 Å². The SMILES string of the molecule is CCCc1nc(C)c(C(=O)NC(CC)C(=O)O)s1. The van der Waals surface area contributed by atoms with Crippen molar-refractivity contribution in [1.29, 1.82) is 0 Å². The highest BCUT2D eigenvalue weighted by Crippen LogP contribution is 2.19. The van der Waals surface area contributed by atoms with E-state index in [1.54, 1.807) is 13.8 Å². The second kappa shape index (κ2) is 6.49. The molecule has 1 amide bonds. The van der Waals surface area contributed by atoms with Gasteiger partial charge in [-0.1, -0.05) is 13.8 Å². The number of aryl methyl sites for hydroxylation is 2. The average Bonchev–Trinajstić information content (AvgIpc) is 2.67. The molecular weight excluding hydrogens is 252 g/mol. The molecule has 2 N–H and O–H groups in total. The van der Waals surface area contributed by atoms with Gasteiger partial charge in [-0.2, -0.15) is 0 Å². The third-order valence-electron chi connectivity index (χ3n) is 2.52. The molecule has 1 unspecified atom stereocenters. The lowest BCUT2D eigenvalue weighted by Crippen LogP contribution is -2.40. The summed E-state index contributed by atoms with van der Waals surface area (Å²) in [6.07, 6.45) is 2.18. The standard InChI is InChI=1S/C12H18N2O3S/c1-4-6-9-13-7(3)10(18-9)11(15)14-8(5-2)12(16)17/h8H,4-6H2,1-3H3,(H,14,15)(H,16,17). The van der Waals surface area contributed by atoms with Crippen LogP contribution in [0.25, 0.3) is 0 Å². The summed E-state index contributed by atoms with van der Waals surface area (Å²) in [4.78, 5) is 27.6. The summed E-state index contributed by atoms with van der Waals surface area (Å²) in [5.74, 6) is -1.36. The second-order valence-electron chi connectivity index (χ2n) is 4.04. The van der Waals surface area contributed by atoms with Crippen molar-refractivity contribution in [2.75, 3.05) is 0 Å². The van der Waals surface area contributed by atoms with Gasteiger partial charge in [0.25, 0.3) is 5.91 Å². The molecular formula is C12H18N2O3S. The van der Waals surface area contributed by atoms with Gasteiger partial charge in [-0.3, -0.25) is 4.79 Å². The monoisotopic (exact) mass is 270 g/mol. The van der Waals surface area contributed by atoms with Crippen LogP contribution in [-0.4, -0.2) is 28.0 Å². The molecule has 1 atom stereocenters. The highest BCUT2D eigenvalue weighted by Gasteiger charge is 2.21. The first-order chi connectivity index (χ1) is 8.49. The Balaban J connectivity index is 2.80. The van der Waals surface area contributed by atoms with E-state index < -0.39 is 12.0 Å². The van der Waals surface area contributed by atoms with Crippen molar-refractivity contribution in [2.24, 2.45) is 0 Å². The quantitative estimate of drug-likeness (QED) is 0.828. The zero-order valence-electron chi connectivity index (χ0n) is 10.8. The Morgan fingerprint density at radius 1 is 1.44 bits per heavy atom. The van der Waals surface area contributed by atoms with Crippen molar-refractivity contribution in [2.45, 2.75) is 46.1 Å². The number of hydrogen-bond donors (Lipinski definition) is 2. The van der Waals surface area contributed by atoms with Gasteiger partial charge in [0.1, 0.15) is 10.9 Å². The molecule has 0 fully saturated rings. The van der Waals surface area contributed by atoms with Crippen molar-refractivity contribution in [3.05, 3.63) is 15.6 Å². The molecule has 1 aromatic heterocycles. The number of thiazole rings is 1. The fourth-order valence-electron chi connectivity index (χ4n) is 1.55. The maximum atomic E-state index is 12.0. The third-order valence-corrected chi connectivity index (χ3v) is 3.74. The highest BCUT2D eigenvalue weighted by molar-refractivity contribution is 7.13. The summed E-state index contributed by atoms with van der Waals surface area (Å²) >= 11 is 1.34. The van der Waals surface area contributed by atoms with Gasteiger partial charge in [0.05, 0.1) is 10.7 Å². The number of carboxylic acids is 1. The first kappa shape index (κ1) is 14.6. The molecule has 0 bridgehead atoms. The summed E-state index contributed by atoms with van der Waals surface area (Å²) in [5.41, 5.74) is 0.668. The number of aliphatic carboxylic acids is 1. The molecule has 100 valence electrons. The van der Waals surface area contributed by atoms with Gasteiger partial charge < -0.3 is 10.4 Å². The molecule has 0 aliphatic carbocycles. The smallest absolute Gasteiger partial charge is 0.326 e. The molecule has 6 heteroatoms. The summed E-state index contributed by atoms with van der Waals surface area (Å²) in [7, 11) is 0. The van der Waals surface area contributed by atoms with E-state index in [0.29, 0.717) is 17.0 Å². The molecule has 0 aromatic carbocycles. The van der Waals surface area contributed by atoms with E-state index >= 15 is 0 Å². The van der Waals surface area contributed by atoms with Crippen molar-refractivity contribution in [1.82, 2.24) is 10.3 Å². The number of hydrogen-bond acceptors (Lipinski definition) is 4. The minimum atomic E-state index is -1.01. The molecule has 0 spiro atoms. The van der Waals surface area contributed by atoms with E-state index in [-0.39, 0.29) is 5.91 Å². The van der Waals surface area contributed by atoms with Gasteiger partial charge in [0.15, 0.2) is 0 Å². The van der Waals surface area contributed by atoms with E-state index in [1.165, 1.54) is 11.3 Å². The normalized spacial score (nSPS) is 12.2. The van der Waals surface area contributed by atoms with Crippen molar-refractivity contribution >= 4 is 23.2 Å². The van der Waals surface area contributed by atoms with E-state index in [1.807, 2.05) is 6.92 Å². The number of carboxylic acid groups (broad SMARTS) is 1. The van der Waals surface area contributed by atoms with E-state index in [0.717, 1.165) is 17.8 Å². The van der Waals surface area contributed by atoms with Crippen LogP contribution in [0.15, 0.2) is 0 Å². The topological polar surface area (TPSA) is 79.3 Å². The number of carbonyl (C=O) groups excluding carboxylic acids is 1. The van der Waals surface area contributed by atoms with Crippen molar-refractivity contribution in [3.63, 3.8) is 0 Å². The number of aromatic nitrogens is 1. The maximum Gasteiger partial charge on any atom is 0.326 e. The minimum absolute atomic E-state index is 0.346. The molecule has 1 rings (SSSR count).